The second-order valence-corrected chi connectivity index (χ2v) is 7.21. The van der Waals surface area contributed by atoms with Crippen molar-refractivity contribution in [2.24, 2.45) is 0 Å². The molecule has 3 aromatic rings. The standard InChI is InChI=1S/C23H18ClFN2O3/c24-17-7-4-8-18(25)22(17)23(29)26-16-9-10-20-19(13-16)27(21(28)14-30-20)12-11-15-5-2-1-3-6-15/h1-10,13H,11-12,14H2,(H,26,29). The smallest absolute Gasteiger partial charge is 0.265 e. The van der Waals surface area contributed by atoms with Gasteiger partial charge in [0.05, 0.1) is 16.3 Å². The van der Waals surface area contributed by atoms with Gasteiger partial charge in [-0.1, -0.05) is 48.0 Å². The highest BCUT2D eigenvalue weighted by molar-refractivity contribution is 6.34. The molecule has 4 rings (SSSR count). The molecule has 0 radical (unpaired) electrons. The van der Waals surface area contributed by atoms with Crippen molar-refractivity contribution < 1.29 is 18.7 Å². The number of amides is 2. The SMILES string of the molecule is O=C(Nc1ccc2c(c1)N(CCc1ccccc1)C(=O)CO2)c1c(F)cccc1Cl. The first-order chi connectivity index (χ1) is 14.5. The molecule has 7 heteroatoms. The van der Waals surface area contributed by atoms with Crippen molar-refractivity contribution in [3.8, 4) is 5.75 Å². The van der Waals surface area contributed by atoms with E-state index in [1.165, 1.54) is 18.2 Å². The topological polar surface area (TPSA) is 58.6 Å². The molecule has 0 atom stereocenters. The first kappa shape index (κ1) is 19.9. The lowest BCUT2D eigenvalue weighted by atomic mass is 10.1. The number of anilines is 2. The van der Waals surface area contributed by atoms with E-state index in [1.807, 2.05) is 30.3 Å². The Hall–Kier alpha value is -3.38. The number of rotatable bonds is 5. The Morgan fingerprint density at radius 1 is 1.10 bits per heavy atom. The number of halogens is 2. The predicted molar refractivity (Wildman–Crippen MR) is 114 cm³/mol. The van der Waals surface area contributed by atoms with Crippen LogP contribution in [0.2, 0.25) is 5.02 Å². The van der Waals surface area contributed by atoms with E-state index >= 15 is 0 Å². The molecule has 1 N–H and O–H groups in total. The minimum atomic E-state index is -0.707. The monoisotopic (exact) mass is 424 g/mol. The number of nitrogens with zero attached hydrogens (tertiary/aromatic N) is 1. The molecule has 0 bridgehead atoms. The van der Waals surface area contributed by atoms with E-state index in [1.54, 1.807) is 23.1 Å². The third-order valence-corrected chi connectivity index (χ3v) is 5.13. The molecule has 0 fully saturated rings. The number of hydrogen-bond donors (Lipinski definition) is 1. The summed E-state index contributed by atoms with van der Waals surface area (Å²) in [5.74, 6) is -0.999. The Morgan fingerprint density at radius 3 is 2.67 bits per heavy atom. The number of fused-ring (bicyclic) bond motifs is 1. The van der Waals surface area contributed by atoms with Gasteiger partial charge in [-0.25, -0.2) is 4.39 Å². The van der Waals surface area contributed by atoms with Crippen molar-refractivity contribution in [2.45, 2.75) is 6.42 Å². The molecule has 30 heavy (non-hydrogen) atoms. The number of carbonyl (C=O) groups is 2. The van der Waals surface area contributed by atoms with Crippen LogP contribution in [0.25, 0.3) is 0 Å². The molecular weight excluding hydrogens is 407 g/mol. The second-order valence-electron chi connectivity index (χ2n) is 6.80. The van der Waals surface area contributed by atoms with Crippen LogP contribution in [0, 0.1) is 5.82 Å². The number of nitrogens with one attached hydrogen (secondary N) is 1. The van der Waals surface area contributed by atoms with Crippen LogP contribution in [0.1, 0.15) is 15.9 Å². The van der Waals surface area contributed by atoms with Gasteiger partial charge in [-0.3, -0.25) is 9.59 Å². The summed E-state index contributed by atoms with van der Waals surface area (Å²) in [6.07, 6.45) is 0.674. The fourth-order valence-electron chi connectivity index (χ4n) is 3.32. The number of carbonyl (C=O) groups excluding carboxylic acids is 2. The molecule has 1 aliphatic rings. The minimum absolute atomic E-state index is 0.0217. The van der Waals surface area contributed by atoms with Crippen LogP contribution in [0.5, 0.6) is 5.75 Å². The van der Waals surface area contributed by atoms with Gasteiger partial charge in [0.25, 0.3) is 11.8 Å². The van der Waals surface area contributed by atoms with Crippen molar-refractivity contribution in [3.63, 3.8) is 0 Å². The predicted octanol–water partition coefficient (Wildman–Crippen LogP) is 4.70. The summed E-state index contributed by atoms with van der Waals surface area (Å²) in [5.41, 5.74) is 1.84. The minimum Gasteiger partial charge on any atom is -0.482 e. The molecule has 5 nitrogen and oxygen atoms in total. The molecule has 0 saturated heterocycles. The van der Waals surface area contributed by atoms with Crippen LogP contribution in [-0.2, 0) is 11.2 Å². The van der Waals surface area contributed by atoms with Crippen LogP contribution < -0.4 is 15.0 Å². The number of ether oxygens (including phenoxy) is 1. The Bertz CT molecular complexity index is 1080. The van der Waals surface area contributed by atoms with E-state index in [4.69, 9.17) is 16.3 Å². The molecule has 2 amide bonds. The highest BCUT2D eigenvalue weighted by Gasteiger charge is 2.26. The molecule has 152 valence electrons. The number of hydrogen-bond acceptors (Lipinski definition) is 3. The molecular formula is C23H18ClFN2O3. The van der Waals surface area contributed by atoms with E-state index < -0.39 is 11.7 Å². The van der Waals surface area contributed by atoms with Gasteiger partial charge in [0, 0.05) is 12.2 Å². The Kier molecular flexibility index (Phi) is 5.68. The highest BCUT2D eigenvalue weighted by atomic mass is 35.5. The molecule has 1 heterocycles. The Labute approximate surface area is 178 Å². The van der Waals surface area contributed by atoms with Crippen LogP contribution in [-0.4, -0.2) is 25.0 Å². The maximum atomic E-state index is 14.0. The van der Waals surface area contributed by atoms with E-state index in [0.717, 1.165) is 5.56 Å². The van der Waals surface area contributed by atoms with Gasteiger partial charge in [-0.05, 0) is 42.3 Å². The zero-order valence-electron chi connectivity index (χ0n) is 15.9. The van der Waals surface area contributed by atoms with Crippen molar-refractivity contribution >= 4 is 34.8 Å². The fourth-order valence-corrected chi connectivity index (χ4v) is 3.57. The van der Waals surface area contributed by atoms with Gasteiger partial charge in [0.1, 0.15) is 11.6 Å². The average Bonchev–Trinajstić information content (AvgIpc) is 2.73. The molecule has 3 aromatic carbocycles. The maximum absolute atomic E-state index is 14.0. The third-order valence-electron chi connectivity index (χ3n) is 4.82. The zero-order valence-corrected chi connectivity index (χ0v) is 16.7. The zero-order chi connectivity index (χ0) is 21.1. The summed E-state index contributed by atoms with van der Waals surface area (Å²) in [6, 6.07) is 18.8. The van der Waals surface area contributed by atoms with Crippen molar-refractivity contribution in [1.29, 1.82) is 0 Å². The first-order valence-electron chi connectivity index (χ1n) is 9.39. The summed E-state index contributed by atoms with van der Waals surface area (Å²) in [7, 11) is 0. The van der Waals surface area contributed by atoms with Gasteiger partial charge in [-0.2, -0.15) is 0 Å². The van der Waals surface area contributed by atoms with E-state index in [-0.39, 0.29) is 23.1 Å². The van der Waals surface area contributed by atoms with Crippen molar-refractivity contribution in [1.82, 2.24) is 0 Å². The second kappa shape index (κ2) is 8.55. The van der Waals surface area contributed by atoms with Crippen LogP contribution in [0.4, 0.5) is 15.8 Å². The fraction of sp³-hybridized carbons (Fsp3) is 0.130. The molecule has 1 aliphatic heterocycles. The van der Waals surface area contributed by atoms with Crippen LogP contribution >= 0.6 is 11.6 Å². The van der Waals surface area contributed by atoms with Crippen LogP contribution in [0.15, 0.2) is 66.7 Å². The Balaban J connectivity index is 1.57. The Morgan fingerprint density at radius 2 is 1.90 bits per heavy atom. The summed E-state index contributed by atoms with van der Waals surface area (Å²) >= 11 is 5.97. The number of benzene rings is 3. The summed E-state index contributed by atoms with van der Waals surface area (Å²) in [5, 5.41) is 2.66. The third kappa shape index (κ3) is 4.14. The van der Waals surface area contributed by atoms with Gasteiger partial charge >= 0.3 is 0 Å². The molecule has 0 spiro atoms. The van der Waals surface area contributed by atoms with Crippen molar-refractivity contribution in [2.75, 3.05) is 23.4 Å². The lowest BCUT2D eigenvalue weighted by molar-refractivity contribution is -0.121. The van der Waals surface area contributed by atoms with Crippen LogP contribution in [0.3, 0.4) is 0 Å². The molecule has 0 aliphatic carbocycles. The molecule has 0 aromatic heterocycles. The quantitative estimate of drug-likeness (QED) is 0.646. The normalized spacial score (nSPS) is 12.9. The first-order valence-corrected chi connectivity index (χ1v) is 9.77. The van der Waals surface area contributed by atoms with E-state index in [9.17, 15) is 14.0 Å². The largest absolute Gasteiger partial charge is 0.482 e. The molecule has 0 unspecified atom stereocenters. The summed E-state index contributed by atoms with van der Waals surface area (Å²) in [4.78, 5) is 26.6. The average molecular weight is 425 g/mol. The van der Waals surface area contributed by atoms with Gasteiger partial charge < -0.3 is 15.0 Å². The van der Waals surface area contributed by atoms with Crippen molar-refractivity contribution in [3.05, 3.63) is 88.7 Å². The lowest BCUT2D eigenvalue weighted by Gasteiger charge is -2.30. The highest BCUT2D eigenvalue weighted by Crippen LogP contribution is 2.35. The summed E-state index contributed by atoms with van der Waals surface area (Å²) < 4.78 is 19.5. The lowest BCUT2D eigenvalue weighted by Crippen LogP contribution is -2.40. The van der Waals surface area contributed by atoms with E-state index in [0.29, 0.717) is 30.1 Å². The van der Waals surface area contributed by atoms with E-state index in [2.05, 4.69) is 5.32 Å². The van der Waals surface area contributed by atoms with Gasteiger partial charge in [0.2, 0.25) is 0 Å². The van der Waals surface area contributed by atoms with Gasteiger partial charge in [0.15, 0.2) is 6.61 Å². The molecule has 0 saturated carbocycles. The van der Waals surface area contributed by atoms with Gasteiger partial charge in [-0.15, -0.1) is 0 Å². The summed E-state index contributed by atoms with van der Waals surface area (Å²) in [6.45, 7) is 0.425. The maximum Gasteiger partial charge on any atom is 0.265 e.